The Morgan fingerprint density at radius 3 is 1.15 bits per heavy atom. The highest BCUT2D eigenvalue weighted by Crippen LogP contribution is 2.30. The average Bonchev–Trinajstić information content (AvgIpc) is 1.78. The third-order valence-electron chi connectivity index (χ3n) is 18.4. The standard InChI is InChI=1S/C74H139NO13/c1-3-5-7-9-11-13-15-17-19-21-23-25-27-28-29-30-31-32-33-34-36-37-39-41-43-45-47-49-51-53-55-57-63(78)62(61-85-73-71(84)69(82)72(65(60-77)87-73)88-74-70(83)68(81)67(80)64(59-76)86-74)75-66(79)58-56-54-52-50-48-46-44-42-40-38-35-26-24-22-20-18-16-14-12-10-8-6-4-2/h16,18,22,24,35,38,62-65,67-74,76-78,80-84H,3-15,17,19-21,23,25-34,36-37,39-61H2,1-2H3,(H,75,79)/b18-16-,24-22-,38-35-. The number of amides is 1. The SMILES string of the molecule is CCCCCCC/C=C\C/C=C\C/C=C\CCCCCCCCCCC(=O)NC(COC1OC(CO)C(OC2OC(CO)C(O)C(O)C2O)C(O)C1O)C(O)CCCCCCCCCCCCCCCCCCCCCCCCCCCCCCCCC. The molecule has 2 aliphatic rings. The van der Waals surface area contributed by atoms with Crippen molar-refractivity contribution in [2.24, 2.45) is 0 Å². The first kappa shape index (κ1) is 82.3. The number of carbonyl (C=O) groups is 1. The predicted octanol–water partition coefficient (Wildman–Crippen LogP) is 15.7. The molecule has 0 saturated carbocycles. The van der Waals surface area contributed by atoms with Crippen LogP contribution in [0.4, 0.5) is 0 Å². The van der Waals surface area contributed by atoms with Gasteiger partial charge in [0.25, 0.3) is 0 Å². The summed E-state index contributed by atoms with van der Waals surface area (Å²) in [6.07, 6.45) is 58.8. The number of nitrogens with one attached hydrogen (secondary N) is 1. The molecule has 2 saturated heterocycles. The molecular formula is C74H139NO13. The molecule has 2 rings (SSSR count). The minimum Gasteiger partial charge on any atom is -0.394 e. The molecule has 0 aliphatic carbocycles. The normalized spacial score (nSPS) is 23.3. The van der Waals surface area contributed by atoms with E-state index in [1.165, 1.54) is 238 Å². The summed E-state index contributed by atoms with van der Waals surface area (Å²) in [4.78, 5) is 13.4. The lowest BCUT2D eigenvalue weighted by molar-refractivity contribution is -0.359. The number of hydrogen-bond donors (Lipinski definition) is 9. The Balaban J connectivity index is 1.64. The van der Waals surface area contributed by atoms with Crippen molar-refractivity contribution in [2.45, 2.75) is 408 Å². The summed E-state index contributed by atoms with van der Waals surface area (Å²) < 4.78 is 22.9. The van der Waals surface area contributed by atoms with E-state index in [4.69, 9.17) is 18.9 Å². The summed E-state index contributed by atoms with van der Waals surface area (Å²) in [6.45, 7) is 2.89. The fraction of sp³-hybridized carbons (Fsp3) is 0.905. The monoisotopic (exact) mass is 1250 g/mol. The zero-order valence-corrected chi connectivity index (χ0v) is 56.5. The van der Waals surface area contributed by atoms with Gasteiger partial charge in [0.05, 0.1) is 32.0 Å². The molecule has 12 atom stereocenters. The van der Waals surface area contributed by atoms with Crippen molar-refractivity contribution in [2.75, 3.05) is 19.8 Å². The van der Waals surface area contributed by atoms with Gasteiger partial charge < -0.3 is 65.1 Å². The Bertz CT molecular complexity index is 1620. The average molecular weight is 1250 g/mol. The van der Waals surface area contributed by atoms with Crippen LogP contribution >= 0.6 is 0 Å². The molecule has 14 heteroatoms. The molecule has 1 amide bonds. The molecule has 2 fully saturated rings. The van der Waals surface area contributed by atoms with Crippen molar-refractivity contribution < 1.29 is 64.6 Å². The van der Waals surface area contributed by atoms with Crippen LogP contribution in [0.2, 0.25) is 0 Å². The number of rotatable bonds is 62. The second-order valence-electron chi connectivity index (χ2n) is 26.4. The van der Waals surface area contributed by atoms with Gasteiger partial charge in [-0.05, 0) is 51.4 Å². The minimum absolute atomic E-state index is 0.209. The molecule has 0 spiro atoms. The van der Waals surface area contributed by atoms with Gasteiger partial charge in [0, 0.05) is 6.42 Å². The molecule has 0 aromatic rings. The van der Waals surface area contributed by atoms with Crippen LogP contribution in [0.15, 0.2) is 36.5 Å². The van der Waals surface area contributed by atoms with Crippen LogP contribution in [0, 0.1) is 0 Å². The van der Waals surface area contributed by atoms with Crippen LogP contribution in [-0.2, 0) is 23.7 Å². The number of aliphatic hydroxyl groups is 8. The summed E-state index contributed by atoms with van der Waals surface area (Å²) in [5.41, 5.74) is 0. The van der Waals surface area contributed by atoms with Crippen LogP contribution in [0.25, 0.3) is 0 Å². The number of ether oxygens (including phenoxy) is 4. The molecule has 0 radical (unpaired) electrons. The Morgan fingerprint density at radius 1 is 0.409 bits per heavy atom. The molecule has 9 N–H and O–H groups in total. The van der Waals surface area contributed by atoms with Crippen LogP contribution in [0.3, 0.4) is 0 Å². The molecule has 0 aromatic heterocycles. The highest BCUT2D eigenvalue weighted by atomic mass is 16.7. The van der Waals surface area contributed by atoms with Gasteiger partial charge in [0.1, 0.15) is 48.8 Å². The van der Waals surface area contributed by atoms with Crippen molar-refractivity contribution in [1.29, 1.82) is 0 Å². The first-order chi connectivity index (χ1) is 43.1. The fourth-order valence-electron chi connectivity index (χ4n) is 12.4. The maximum absolute atomic E-state index is 13.4. The first-order valence-corrected chi connectivity index (χ1v) is 37.2. The number of unbranched alkanes of at least 4 members (excludes halogenated alkanes) is 43. The van der Waals surface area contributed by atoms with Gasteiger partial charge in [-0.2, -0.15) is 0 Å². The summed E-state index contributed by atoms with van der Waals surface area (Å²) in [5, 5.41) is 87.7. The van der Waals surface area contributed by atoms with E-state index >= 15 is 0 Å². The largest absolute Gasteiger partial charge is 0.394 e. The van der Waals surface area contributed by atoms with E-state index in [0.29, 0.717) is 19.3 Å². The second kappa shape index (κ2) is 59.0. The number of hydrogen-bond acceptors (Lipinski definition) is 13. The Kier molecular flexibility index (Phi) is 55.2. The van der Waals surface area contributed by atoms with Crippen molar-refractivity contribution in [1.82, 2.24) is 5.32 Å². The van der Waals surface area contributed by atoms with Gasteiger partial charge in [-0.1, -0.05) is 314 Å². The van der Waals surface area contributed by atoms with Gasteiger partial charge in [-0.3, -0.25) is 4.79 Å². The van der Waals surface area contributed by atoms with Crippen LogP contribution in [0.1, 0.15) is 335 Å². The van der Waals surface area contributed by atoms with Crippen molar-refractivity contribution in [3.8, 4) is 0 Å². The van der Waals surface area contributed by atoms with Gasteiger partial charge in [0.2, 0.25) is 5.91 Å². The van der Waals surface area contributed by atoms with E-state index in [1.807, 2.05) is 0 Å². The van der Waals surface area contributed by atoms with E-state index < -0.39 is 86.8 Å². The molecule has 518 valence electrons. The maximum Gasteiger partial charge on any atom is 0.220 e. The molecule has 0 aromatic carbocycles. The number of allylic oxidation sites excluding steroid dienone is 6. The zero-order chi connectivity index (χ0) is 63.8. The Hall–Kier alpha value is -1.79. The molecule has 12 unspecified atom stereocenters. The number of aliphatic hydroxyl groups excluding tert-OH is 8. The first-order valence-electron chi connectivity index (χ1n) is 37.2. The summed E-state index contributed by atoms with van der Waals surface area (Å²) in [6, 6.07) is -0.835. The van der Waals surface area contributed by atoms with E-state index in [9.17, 15) is 45.6 Å². The van der Waals surface area contributed by atoms with Crippen LogP contribution in [-0.4, -0.2) is 140 Å². The third kappa shape index (κ3) is 42.4. The third-order valence-corrected chi connectivity index (χ3v) is 18.4. The topological polar surface area (TPSA) is 228 Å². The smallest absolute Gasteiger partial charge is 0.220 e. The number of carbonyl (C=O) groups excluding carboxylic acids is 1. The molecular weight excluding hydrogens is 1110 g/mol. The van der Waals surface area contributed by atoms with Crippen LogP contribution < -0.4 is 5.32 Å². The van der Waals surface area contributed by atoms with Gasteiger partial charge >= 0.3 is 0 Å². The molecule has 0 bridgehead atoms. The lowest BCUT2D eigenvalue weighted by Crippen LogP contribution is -2.65. The van der Waals surface area contributed by atoms with Crippen molar-refractivity contribution in [3.05, 3.63) is 36.5 Å². The lowest BCUT2D eigenvalue weighted by atomic mass is 9.97. The highest BCUT2D eigenvalue weighted by molar-refractivity contribution is 5.76. The highest BCUT2D eigenvalue weighted by Gasteiger charge is 2.51. The maximum atomic E-state index is 13.4. The molecule has 88 heavy (non-hydrogen) atoms. The zero-order valence-electron chi connectivity index (χ0n) is 56.5. The van der Waals surface area contributed by atoms with Crippen molar-refractivity contribution >= 4 is 5.91 Å². The van der Waals surface area contributed by atoms with Gasteiger partial charge in [0.15, 0.2) is 12.6 Å². The minimum atomic E-state index is -1.78. The van der Waals surface area contributed by atoms with Gasteiger partial charge in [-0.15, -0.1) is 0 Å². The Morgan fingerprint density at radius 2 is 0.750 bits per heavy atom. The van der Waals surface area contributed by atoms with Crippen molar-refractivity contribution in [3.63, 3.8) is 0 Å². The predicted molar refractivity (Wildman–Crippen MR) is 360 cm³/mol. The Labute approximate surface area is 538 Å². The molecule has 2 aliphatic heterocycles. The lowest BCUT2D eigenvalue weighted by Gasteiger charge is -2.46. The fourth-order valence-corrected chi connectivity index (χ4v) is 12.4. The van der Waals surface area contributed by atoms with E-state index in [2.05, 4.69) is 55.6 Å². The molecule has 2 heterocycles. The second-order valence-corrected chi connectivity index (χ2v) is 26.4. The van der Waals surface area contributed by atoms with Crippen LogP contribution in [0.5, 0.6) is 0 Å². The van der Waals surface area contributed by atoms with Gasteiger partial charge in [-0.25, -0.2) is 0 Å². The van der Waals surface area contributed by atoms with E-state index in [-0.39, 0.29) is 12.5 Å². The summed E-state index contributed by atoms with van der Waals surface area (Å²) in [5.74, 6) is -0.209. The summed E-state index contributed by atoms with van der Waals surface area (Å²) in [7, 11) is 0. The van der Waals surface area contributed by atoms with E-state index in [0.717, 1.165) is 64.2 Å². The molecule has 14 nitrogen and oxygen atoms in total. The quantitative estimate of drug-likeness (QED) is 0.0204. The van der Waals surface area contributed by atoms with E-state index in [1.54, 1.807) is 0 Å². The summed E-state index contributed by atoms with van der Waals surface area (Å²) >= 11 is 0.